The van der Waals surface area contributed by atoms with Crippen molar-refractivity contribution in [2.75, 3.05) is 0 Å². The third kappa shape index (κ3) is 6.65. The van der Waals surface area contributed by atoms with E-state index in [0.717, 1.165) is 18.1 Å². The number of aromatic hydroxyl groups is 2. The molecule has 0 spiro atoms. The molecule has 4 aromatic rings. The summed E-state index contributed by atoms with van der Waals surface area (Å²) in [5.74, 6) is -0.424. The van der Waals surface area contributed by atoms with E-state index in [9.17, 15) is 10.2 Å². The average molecular weight is 483 g/mol. The number of aliphatic carboxylic acids is 1. The second-order valence-corrected chi connectivity index (χ2v) is 7.38. The van der Waals surface area contributed by atoms with E-state index in [0.29, 0.717) is 33.9 Å². The van der Waals surface area contributed by atoms with Crippen LogP contribution in [0.2, 0.25) is 0 Å². The molecule has 2 aromatic carbocycles. The number of carboxylic acids is 1. The maximum atomic E-state index is 10.3. The molecule has 0 bridgehead atoms. The summed E-state index contributed by atoms with van der Waals surface area (Å²) in [5.41, 5.74) is 6.10. The zero-order chi connectivity index (χ0) is 23.3. The summed E-state index contributed by atoms with van der Waals surface area (Å²) >= 11 is 0. The fraction of sp³-hybridized carbons (Fsp3) is 0.115. The predicted octanol–water partition coefficient (Wildman–Crippen LogP) is 5.59. The fourth-order valence-electron chi connectivity index (χ4n) is 3.17. The van der Waals surface area contributed by atoms with Gasteiger partial charge in [0.15, 0.2) is 0 Å². The van der Waals surface area contributed by atoms with Gasteiger partial charge in [-0.25, -0.2) is 9.97 Å². The van der Waals surface area contributed by atoms with E-state index in [1.54, 1.807) is 12.1 Å². The molecule has 0 saturated carbocycles. The molecule has 0 fully saturated rings. The molecule has 0 saturated heterocycles. The summed E-state index contributed by atoms with van der Waals surface area (Å²) in [6.45, 7) is 4.95. The third-order valence-corrected chi connectivity index (χ3v) is 4.62. The van der Waals surface area contributed by atoms with Gasteiger partial charge in [-0.3, -0.25) is 4.79 Å². The van der Waals surface area contributed by atoms with Crippen LogP contribution in [-0.2, 0) is 21.9 Å². The molecule has 3 N–H and O–H groups in total. The van der Waals surface area contributed by atoms with Crippen molar-refractivity contribution in [2.24, 2.45) is 0 Å². The third-order valence-electron chi connectivity index (χ3n) is 4.62. The number of phenolic OH excluding ortho intramolecular Hbond substituents is 2. The maximum Gasteiger partial charge on any atom is 0.300 e. The largest absolute Gasteiger partial charge is 0.507 e. The first-order valence-electron chi connectivity index (χ1n) is 9.98. The van der Waals surface area contributed by atoms with Gasteiger partial charge in [-0.2, -0.15) is 0 Å². The Morgan fingerprint density at radius 1 is 0.667 bits per heavy atom. The van der Waals surface area contributed by atoms with Crippen molar-refractivity contribution < 1.29 is 37.2 Å². The number of hydrogen-bond donors (Lipinski definition) is 3. The van der Waals surface area contributed by atoms with Gasteiger partial charge in [0.2, 0.25) is 0 Å². The van der Waals surface area contributed by atoms with E-state index in [1.165, 1.54) is 0 Å². The van der Waals surface area contributed by atoms with Crippen LogP contribution in [0.1, 0.15) is 18.1 Å². The average Bonchev–Trinajstić information content (AvgIpc) is 2.73. The van der Waals surface area contributed by atoms with Gasteiger partial charge in [0.05, 0.1) is 22.8 Å². The smallest absolute Gasteiger partial charge is 0.300 e. The Morgan fingerprint density at radius 3 is 1.33 bits per heavy atom. The minimum Gasteiger partial charge on any atom is -0.507 e. The van der Waals surface area contributed by atoms with E-state index in [1.807, 2.05) is 74.5 Å². The van der Waals surface area contributed by atoms with Gasteiger partial charge in [-0.05, 0) is 73.5 Å². The second-order valence-electron chi connectivity index (χ2n) is 7.38. The molecule has 0 unspecified atom stereocenters. The topological polar surface area (TPSA) is 104 Å². The van der Waals surface area contributed by atoms with Crippen molar-refractivity contribution in [3.8, 4) is 45.4 Å². The molecule has 7 heteroatoms. The van der Waals surface area contributed by atoms with Crippen LogP contribution in [-0.4, -0.2) is 31.3 Å². The molecule has 0 amide bonds. The van der Waals surface area contributed by atoms with E-state index >= 15 is 0 Å². The molecule has 1 radical (unpaired) electrons. The van der Waals surface area contributed by atoms with E-state index in [-0.39, 0.29) is 28.6 Å². The fourth-order valence-corrected chi connectivity index (χ4v) is 3.17. The van der Waals surface area contributed by atoms with Gasteiger partial charge in [0.1, 0.15) is 11.5 Å². The van der Waals surface area contributed by atoms with Gasteiger partial charge in [-0.15, -0.1) is 0 Å². The Hall–Kier alpha value is -3.67. The number of carboxylic acid groups (broad SMARTS) is 1. The number of carbonyl (C=O) groups is 1. The van der Waals surface area contributed by atoms with E-state index in [2.05, 4.69) is 0 Å². The Kier molecular flexibility index (Phi) is 8.74. The number of aromatic nitrogens is 2. The molecule has 0 aliphatic rings. The quantitative estimate of drug-likeness (QED) is 0.328. The van der Waals surface area contributed by atoms with Gasteiger partial charge in [0, 0.05) is 35.1 Å². The summed E-state index contributed by atoms with van der Waals surface area (Å²) in [7, 11) is 0. The van der Waals surface area contributed by atoms with Crippen molar-refractivity contribution in [2.45, 2.75) is 20.8 Å². The molecule has 0 atom stereocenters. The summed E-state index contributed by atoms with van der Waals surface area (Å²) in [6, 6.07) is 22.4. The number of benzene rings is 2. The van der Waals surface area contributed by atoms with Crippen molar-refractivity contribution in [3.63, 3.8) is 0 Å². The number of nitrogens with zero attached hydrogens (tertiary/aromatic N) is 2. The Labute approximate surface area is 203 Å². The Bertz CT molecular complexity index is 1180. The molecule has 33 heavy (non-hydrogen) atoms. The summed E-state index contributed by atoms with van der Waals surface area (Å²) in [6.07, 6.45) is 0. The predicted molar refractivity (Wildman–Crippen MR) is 124 cm³/mol. The number of phenols is 2. The van der Waals surface area contributed by atoms with Crippen molar-refractivity contribution in [1.82, 2.24) is 9.97 Å². The van der Waals surface area contributed by atoms with Gasteiger partial charge in [0.25, 0.3) is 5.97 Å². The van der Waals surface area contributed by atoms with E-state index in [4.69, 9.17) is 19.9 Å². The van der Waals surface area contributed by atoms with Crippen LogP contribution in [0.15, 0.2) is 72.8 Å². The molecule has 2 aromatic heterocycles. The van der Waals surface area contributed by atoms with Crippen LogP contribution in [0.4, 0.5) is 0 Å². The minimum absolute atomic E-state index is 0. The molecule has 4 rings (SSSR count). The van der Waals surface area contributed by atoms with Gasteiger partial charge < -0.3 is 15.3 Å². The Balaban J connectivity index is 0.000000714. The Morgan fingerprint density at radius 2 is 1.00 bits per heavy atom. The minimum atomic E-state index is -0.833. The first-order valence-corrected chi connectivity index (χ1v) is 9.98. The van der Waals surface area contributed by atoms with E-state index < -0.39 is 5.97 Å². The van der Waals surface area contributed by atoms with Crippen LogP contribution in [0.5, 0.6) is 11.5 Å². The monoisotopic (exact) mass is 483 g/mol. The van der Waals surface area contributed by atoms with Crippen LogP contribution >= 0.6 is 0 Å². The number of aryl methyl sites for hydroxylation is 2. The number of pyridine rings is 2. The normalized spacial score (nSPS) is 9.91. The van der Waals surface area contributed by atoms with Crippen LogP contribution in [0, 0.1) is 13.8 Å². The van der Waals surface area contributed by atoms with Crippen molar-refractivity contribution >= 4 is 5.97 Å². The summed E-state index contributed by atoms with van der Waals surface area (Å²) in [4.78, 5) is 18.4. The summed E-state index contributed by atoms with van der Waals surface area (Å²) < 4.78 is 0. The van der Waals surface area contributed by atoms with Crippen molar-refractivity contribution in [3.05, 3.63) is 83.9 Å². The zero-order valence-electron chi connectivity index (χ0n) is 18.5. The van der Waals surface area contributed by atoms with Gasteiger partial charge >= 0.3 is 0 Å². The summed E-state index contributed by atoms with van der Waals surface area (Å²) in [5, 5.41) is 28.0. The zero-order valence-corrected chi connectivity index (χ0v) is 19.6. The molecular weight excluding hydrogens is 459 g/mol. The SMILES string of the molecule is CC(=O)O.Cc1ccc(-c2cccc(-c3cccc(-c4ccc(C)cc4O)n3)n2)c(O)c1.[Mn]. The van der Waals surface area contributed by atoms with Crippen molar-refractivity contribution in [1.29, 1.82) is 0 Å². The number of rotatable bonds is 3. The molecule has 169 valence electrons. The molecule has 0 aliphatic carbocycles. The molecule has 6 nitrogen and oxygen atoms in total. The first kappa shape index (κ1) is 25.6. The maximum absolute atomic E-state index is 10.3. The molecule has 0 aliphatic heterocycles. The molecule has 2 heterocycles. The van der Waals surface area contributed by atoms with Gasteiger partial charge in [-0.1, -0.05) is 24.3 Å². The molecular formula is C26H24MnN2O4. The standard InChI is InChI=1S/C24H20N2O2.C2H4O2.Mn/c1-15-9-11-17(23(27)13-15)19-5-3-7-21(25-19)22-8-4-6-20(26-22)18-12-10-16(2)14-24(18)28;1-2(3)4;/h3-14,27-28H,1-2H3;1H3,(H,3,4);. The van der Waals surface area contributed by atoms with Crippen LogP contribution in [0.25, 0.3) is 33.9 Å². The first-order chi connectivity index (χ1) is 15.2. The van der Waals surface area contributed by atoms with Crippen LogP contribution in [0.3, 0.4) is 0 Å². The van der Waals surface area contributed by atoms with Crippen LogP contribution < -0.4 is 0 Å². The second kappa shape index (κ2) is 11.3. The number of hydrogen-bond acceptors (Lipinski definition) is 5.